The second-order valence-electron chi connectivity index (χ2n) is 9.28. The molecule has 2 aromatic rings. The number of urea groups is 1. The van der Waals surface area contributed by atoms with Gasteiger partial charge in [-0.3, -0.25) is 4.90 Å². The van der Waals surface area contributed by atoms with Crippen LogP contribution in [0.3, 0.4) is 0 Å². The van der Waals surface area contributed by atoms with Gasteiger partial charge >= 0.3 is 6.03 Å². The molecule has 1 atom stereocenters. The number of fused-ring (bicyclic) bond motifs is 2. The lowest BCUT2D eigenvalue weighted by molar-refractivity contribution is 0.0115. The molecule has 3 aliphatic rings. The van der Waals surface area contributed by atoms with Crippen molar-refractivity contribution in [2.45, 2.75) is 62.3 Å². The lowest BCUT2D eigenvalue weighted by atomic mass is 9.99. The van der Waals surface area contributed by atoms with Gasteiger partial charge < -0.3 is 5.32 Å². The van der Waals surface area contributed by atoms with E-state index in [0.717, 1.165) is 49.8 Å². The number of carbonyl (C=O) groups is 1. The molecule has 0 aromatic heterocycles. The average Bonchev–Trinajstić information content (AvgIpc) is 3.47. The van der Waals surface area contributed by atoms with E-state index in [1.807, 2.05) is 0 Å². The monoisotopic (exact) mass is 474 g/mol. The molecule has 0 bridgehead atoms. The zero-order valence-electron chi connectivity index (χ0n) is 18.4. The first-order valence-corrected chi connectivity index (χ1v) is 13.0. The fraction of sp³-hybridized carbons (Fsp3) is 0.458. The lowest BCUT2D eigenvalue weighted by Gasteiger charge is -2.16. The molecule has 3 N–H and O–H groups in total. The van der Waals surface area contributed by atoms with Gasteiger partial charge in [-0.2, -0.15) is 0 Å². The minimum absolute atomic E-state index is 0.135. The zero-order chi connectivity index (χ0) is 23.2. The molecule has 2 aliphatic carbocycles. The highest BCUT2D eigenvalue weighted by atomic mass is 32.2. The number of benzene rings is 2. The van der Waals surface area contributed by atoms with Gasteiger partial charge in [0.2, 0.25) is 0 Å². The van der Waals surface area contributed by atoms with Crippen LogP contribution in [0.1, 0.15) is 47.1 Å². The number of hydrogen-bond acceptors (Lipinski definition) is 3. The van der Waals surface area contributed by atoms with Crippen LogP contribution in [-0.4, -0.2) is 34.2 Å². The van der Waals surface area contributed by atoms with Crippen LogP contribution in [0.5, 0.6) is 0 Å². The van der Waals surface area contributed by atoms with E-state index in [1.165, 1.54) is 22.3 Å². The number of rotatable bonds is 4. The molecule has 0 spiro atoms. The summed E-state index contributed by atoms with van der Waals surface area (Å²) >= 11 is 0. The Morgan fingerprint density at radius 1 is 1.09 bits per heavy atom. The Bertz CT molecular complexity index is 1190. The number of likely N-dealkylation sites (tertiary alicyclic amines) is 1. The van der Waals surface area contributed by atoms with E-state index in [1.54, 1.807) is 29.2 Å². The van der Waals surface area contributed by atoms with Crippen LogP contribution in [-0.2, 0) is 42.1 Å². The zero-order valence-corrected chi connectivity index (χ0v) is 19.2. The van der Waals surface area contributed by atoms with Gasteiger partial charge in [-0.05, 0) is 78.5 Å². The van der Waals surface area contributed by atoms with Crippen LogP contribution in [0.2, 0.25) is 0 Å². The van der Waals surface area contributed by atoms with Crippen molar-refractivity contribution in [3.8, 4) is 0 Å². The normalized spacial score (nSPS) is 20.8. The summed E-state index contributed by atoms with van der Waals surface area (Å²) < 4.78 is 43.7. The summed E-state index contributed by atoms with van der Waals surface area (Å²) in [5.74, 6) is -2.64. The van der Waals surface area contributed by atoms with Gasteiger partial charge in [-0.25, -0.2) is 22.9 Å². The molecule has 1 saturated heterocycles. The van der Waals surface area contributed by atoms with Crippen LogP contribution in [0.4, 0.5) is 19.3 Å². The number of nitrogens with one attached hydrogen (secondary N) is 1. The molecule has 2 amide bonds. The third kappa shape index (κ3) is 4.67. The first-order chi connectivity index (χ1) is 15.7. The topological polar surface area (TPSA) is 87.8 Å². The molecule has 33 heavy (non-hydrogen) atoms. The van der Waals surface area contributed by atoms with Crippen molar-refractivity contribution < 1.29 is 17.8 Å². The number of hydrogen-bond donors (Lipinski definition) is 2. The maximum absolute atomic E-state index is 13.4. The third-order valence-electron chi connectivity index (χ3n) is 6.84. The first kappa shape index (κ1) is 22.4. The molecule has 1 heterocycles. The van der Waals surface area contributed by atoms with E-state index >= 15 is 0 Å². The molecule has 1 unspecified atom stereocenters. The number of amides is 2. The van der Waals surface area contributed by atoms with Crippen molar-refractivity contribution in [2.24, 2.45) is 9.50 Å². The average molecular weight is 475 g/mol. The summed E-state index contributed by atoms with van der Waals surface area (Å²) in [4.78, 5) is 14.7. The maximum Gasteiger partial charge on any atom is 0.354 e. The Labute approximate surface area is 192 Å². The number of alkyl halides is 2. The van der Waals surface area contributed by atoms with Crippen LogP contribution in [0, 0.1) is 0 Å². The molecule has 2 aromatic carbocycles. The summed E-state index contributed by atoms with van der Waals surface area (Å²) in [6, 6.07) is 8.07. The van der Waals surface area contributed by atoms with Crippen LogP contribution in [0.25, 0.3) is 0 Å². The predicted molar refractivity (Wildman–Crippen MR) is 124 cm³/mol. The smallest absolute Gasteiger partial charge is 0.305 e. The molecule has 5 rings (SSSR count). The van der Waals surface area contributed by atoms with Gasteiger partial charge in [0.25, 0.3) is 5.92 Å². The number of anilines is 1. The SMILES string of the molecule is NS(=O)(=NC(=O)Nc1c2c(cc3c1CCC3)CCC2)c1ccc(CN2CCC(F)(F)C2)cc1. The fourth-order valence-corrected chi connectivity index (χ4v) is 6.19. The minimum Gasteiger partial charge on any atom is -0.305 e. The van der Waals surface area contributed by atoms with Crippen molar-refractivity contribution >= 4 is 21.6 Å². The molecular weight excluding hydrogens is 446 g/mol. The minimum atomic E-state index is -3.44. The Morgan fingerprint density at radius 2 is 1.73 bits per heavy atom. The maximum atomic E-state index is 13.4. The van der Waals surface area contributed by atoms with Gasteiger partial charge in [-0.1, -0.05) is 18.2 Å². The van der Waals surface area contributed by atoms with Crippen LogP contribution in [0.15, 0.2) is 39.6 Å². The summed E-state index contributed by atoms with van der Waals surface area (Å²) in [5.41, 5.74) is 6.54. The van der Waals surface area contributed by atoms with Crippen molar-refractivity contribution in [3.05, 3.63) is 58.1 Å². The van der Waals surface area contributed by atoms with E-state index in [4.69, 9.17) is 5.14 Å². The molecule has 6 nitrogen and oxygen atoms in total. The summed E-state index contributed by atoms with van der Waals surface area (Å²) in [7, 11) is -3.44. The van der Waals surface area contributed by atoms with E-state index in [0.29, 0.717) is 13.1 Å². The predicted octanol–water partition coefficient (Wildman–Crippen LogP) is 4.44. The van der Waals surface area contributed by atoms with Gasteiger partial charge in [0.1, 0.15) is 9.92 Å². The van der Waals surface area contributed by atoms with Crippen molar-refractivity contribution in [1.29, 1.82) is 0 Å². The number of nitrogens with two attached hydrogens (primary N) is 1. The van der Waals surface area contributed by atoms with Crippen LogP contribution >= 0.6 is 0 Å². The second kappa shape index (κ2) is 8.45. The highest BCUT2D eigenvalue weighted by Crippen LogP contribution is 2.38. The van der Waals surface area contributed by atoms with Gasteiger partial charge in [0.05, 0.1) is 11.4 Å². The molecule has 176 valence electrons. The molecule has 1 aliphatic heterocycles. The van der Waals surface area contributed by atoms with E-state index in [9.17, 15) is 17.8 Å². The molecular formula is C24H28F2N4O2S. The van der Waals surface area contributed by atoms with Gasteiger partial charge in [-0.15, -0.1) is 4.36 Å². The summed E-state index contributed by atoms with van der Waals surface area (Å²) in [6.07, 6.45) is 5.85. The Balaban J connectivity index is 1.32. The number of nitrogens with zero attached hydrogens (tertiary/aromatic N) is 2. The fourth-order valence-electron chi connectivity index (χ4n) is 5.26. The number of halogens is 2. The highest BCUT2D eigenvalue weighted by molar-refractivity contribution is 7.91. The van der Waals surface area contributed by atoms with Gasteiger partial charge in [0, 0.05) is 25.2 Å². The van der Waals surface area contributed by atoms with Gasteiger partial charge in [0.15, 0.2) is 0 Å². The lowest BCUT2D eigenvalue weighted by Crippen LogP contribution is -2.24. The third-order valence-corrected chi connectivity index (χ3v) is 8.22. The van der Waals surface area contributed by atoms with E-state index < -0.39 is 21.9 Å². The largest absolute Gasteiger partial charge is 0.354 e. The Morgan fingerprint density at radius 3 is 2.30 bits per heavy atom. The standard InChI is InChI=1S/C24H28F2N4O2S/c25-24(26)11-12-30(15-24)14-16-7-9-19(10-8-16)33(27,32)29-23(31)28-22-20-5-1-3-17(20)13-18-4-2-6-21(18)22/h7-10,13H,1-6,11-12,14-15H2,(H3,27,28,29,31,32). The van der Waals surface area contributed by atoms with E-state index in [2.05, 4.69) is 15.7 Å². The summed E-state index contributed by atoms with van der Waals surface area (Å²) in [5, 5.41) is 8.85. The highest BCUT2D eigenvalue weighted by Gasteiger charge is 2.37. The van der Waals surface area contributed by atoms with Crippen molar-refractivity contribution in [1.82, 2.24) is 4.90 Å². The van der Waals surface area contributed by atoms with E-state index in [-0.39, 0.29) is 17.9 Å². The van der Waals surface area contributed by atoms with Crippen molar-refractivity contribution in [3.63, 3.8) is 0 Å². The molecule has 1 fully saturated rings. The van der Waals surface area contributed by atoms with Crippen molar-refractivity contribution in [2.75, 3.05) is 18.4 Å². The quantitative estimate of drug-likeness (QED) is 0.687. The molecule has 0 radical (unpaired) electrons. The summed E-state index contributed by atoms with van der Waals surface area (Å²) in [6.45, 7) is 0.457. The molecule has 0 saturated carbocycles. The number of aryl methyl sites for hydroxylation is 2. The first-order valence-electron chi connectivity index (χ1n) is 11.4. The number of carbonyl (C=O) groups excluding carboxylic acids is 1. The second-order valence-corrected chi connectivity index (χ2v) is 11.1. The Hall–Kier alpha value is -2.36. The molecule has 9 heteroatoms. The van der Waals surface area contributed by atoms with Crippen LogP contribution < -0.4 is 10.5 Å². The Kier molecular flexibility index (Phi) is 5.74.